The molecule has 0 radical (unpaired) electrons. The highest BCUT2D eigenvalue weighted by Gasteiger charge is 1.91. The van der Waals surface area contributed by atoms with Gasteiger partial charge in [0.2, 0.25) is 0 Å². The van der Waals surface area contributed by atoms with Crippen molar-refractivity contribution in [3.05, 3.63) is 0 Å². The normalized spacial score (nSPS) is 10.1. The molecule has 0 aliphatic rings. The molecular weight excluding hydrogens is 152 g/mol. The highest BCUT2D eigenvalue weighted by Crippen LogP contribution is 2.01. The third-order valence-corrected chi connectivity index (χ3v) is 1.65. The Morgan fingerprint density at radius 1 is 1.25 bits per heavy atom. The van der Waals surface area contributed by atoms with E-state index in [4.69, 9.17) is 15.9 Å². The van der Waals surface area contributed by atoms with E-state index in [0.29, 0.717) is 0 Å². The smallest absolute Gasteiger partial charge is 0.117 e. The lowest BCUT2D eigenvalue weighted by Crippen LogP contribution is -2.17. The van der Waals surface area contributed by atoms with E-state index in [1.54, 1.807) is 0 Å². The number of nitrogens with two attached hydrogens (primary N) is 1. The van der Waals surface area contributed by atoms with E-state index in [0.717, 1.165) is 13.0 Å². The van der Waals surface area contributed by atoms with Gasteiger partial charge in [-0.1, -0.05) is 32.6 Å². The van der Waals surface area contributed by atoms with E-state index < -0.39 is 0 Å². The van der Waals surface area contributed by atoms with Crippen LogP contribution >= 0.6 is 0 Å². The number of hydrogen-bond acceptors (Lipinski definition) is 2. The van der Waals surface area contributed by atoms with Crippen LogP contribution in [-0.2, 0) is 4.74 Å². The zero-order valence-corrected chi connectivity index (χ0v) is 7.94. The Morgan fingerprint density at radius 3 is 2.50 bits per heavy atom. The molecule has 0 amide bonds. The van der Waals surface area contributed by atoms with Gasteiger partial charge in [-0.05, 0) is 6.42 Å². The molecule has 0 spiro atoms. The molecule has 0 aromatic heterocycles. The Morgan fingerprint density at radius 2 is 1.92 bits per heavy atom. The van der Waals surface area contributed by atoms with Crippen molar-refractivity contribution in [3.8, 4) is 0 Å². The highest BCUT2D eigenvalue weighted by atomic mass is 16.5. The van der Waals surface area contributed by atoms with E-state index in [9.17, 15) is 0 Å². The number of rotatable bonds is 8. The van der Waals surface area contributed by atoms with Crippen LogP contribution in [0.2, 0.25) is 0 Å². The number of hydrogen-bond donors (Lipinski definition) is 2. The van der Waals surface area contributed by atoms with Gasteiger partial charge in [-0.25, -0.2) is 0 Å². The lowest BCUT2D eigenvalue weighted by molar-refractivity contribution is 0.165. The molecule has 0 fully saturated rings. The summed E-state index contributed by atoms with van der Waals surface area (Å²) in [4.78, 5) is 0. The van der Waals surface area contributed by atoms with Crippen molar-refractivity contribution in [3.63, 3.8) is 0 Å². The SMILES string of the molecule is CCCCCCCOCC(=N)N. The fourth-order valence-electron chi connectivity index (χ4n) is 0.990. The summed E-state index contributed by atoms with van der Waals surface area (Å²) in [5.41, 5.74) is 5.11. The number of nitrogens with one attached hydrogen (secondary N) is 1. The molecule has 12 heavy (non-hydrogen) atoms. The average Bonchev–Trinajstić information content (AvgIpc) is 2.02. The molecule has 3 N–H and O–H groups in total. The number of amidine groups is 1. The van der Waals surface area contributed by atoms with Gasteiger partial charge in [0.1, 0.15) is 12.4 Å². The minimum atomic E-state index is 0.114. The van der Waals surface area contributed by atoms with Gasteiger partial charge in [-0.3, -0.25) is 5.41 Å². The quantitative estimate of drug-likeness (QED) is 0.334. The summed E-state index contributed by atoms with van der Waals surface area (Å²) in [7, 11) is 0. The average molecular weight is 172 g/mol. The maximum Gasteiger partial charge on any atom is 0.117 e. The summed E-state index contributed by atoms with van der Waals surface area (Å²) in [5.74, 6) is 0.114. The van der Waals surface area contributed by atoms with Gasteiger partial charge < -0.3 is 10.5 Å². The molecule has 0 bridgehead atoms. The van der Waals surface area contributed by atoms with E-state index in [1.165, 1.54) is 25.7 Å². The van der Waals surface area contributed by atoms with Gasteiger partial charge in [0.25, 0.3) is 0 Å². The van der Waals surface area contributed by atoms with Crippen molar-refractivity contribution >= 4 is 5.84 Å². The molecule has 0 rings (SSSR count). The zero-order chi connectivity index (χ0) is 9.23. The second kappa shape index (κ2) is 8.53. The Labute approximate surface area is 74.8 Å². The summed E-state index contributed by atoms with van der Waals surface area (Å²) in [6, 6.07) is 0. The van der Waals surface area contributed by atoms with Crippen molar-refractivity contribution < 1.29 is 4.74 Å². The molecular formula is C9H20N2O. The minimum absolute atomic E-state index is 0.114. The summed E-state index contributed by atoms with van der Waals surface area (Å²) >= 11 is 0. The van der Waals surface area contributed by atoms with Crippen molar-refractivity contribution in [1.82, 2.24) is 0 Å². The fourth-order valence-corrected chi connectivity index (χ4v) is 0.990. The number of unbranched alkanes of at least 4 members (excludes halogenated alkanes) is 4. The Bertz CT molecular complexity index is 115. The second-order valence-corrected chi connectivity index (χ2v) is 2.99. The van der Waals surface area contributed by atoms with Crippen molar-refractivity contribution in [1.29, 1.82) is 5.41 Å². The third-order valence-electron chi connectivity index (χ3n) is 1.65. The van der Waals surface area contributed by atoms with Gasteiger partial charge in [0.05, 0.1) is 0 Å². The molecule has 3 nitrogen and oxygen atoms in total. The maximum atomic E-state index is 6.89. The maximum absolute atomic E-state index is 6.89. The standard InChI is InChI=1S/C9H20N2O/c1-2-3-4-5-6-7-12-8-9(10)11/h2-8H2,1H3,(H3,10,11). The minimum Gasteiger partial charge on any atom is -0.386 e. The van der Waals surface area contributed by atoms with Crippen LogP contribution in [0.5, 0.6) is 0 Å². The summed E-state index contributed by atoms with van der Waals surface area (Å²) in [5, 5.41) is 6.89. The van der Waals surface area contributed by atoms with Gasteiger partial charge in [-0.2, -0.15) is 0 Å². The van der Waals surface area contributed by atoms with E-state index in [2.05, 4.69) is 6.92 Å². The van der Waals surface area contributed by atoms with Crippen LogP contribution < -0.4 is 5.73 Å². The first-order chi connectivity index (χ1) is 5.77. The third kappa shape index (κ3) is 9.43. The fraction of sp³-hybridized carbons (Fsp3) is 0.889. The summed E-state index contributed by atoms with van der Waals surface area (Å²) in [6.07, 6.45) is 6.19. The van der Waals surface area contributed by atoms with Crippen LogP contribution in [0.4, 0.5) is 0 Å². The van der Waals surface area contributed by atoms with Crippen LogP contribution in [0.15, 0.2) is 0 Å². The van der Waals surface area contributed by atoms with Crippen LogP contribution in [0.1, 0.15) is 39.0 Å². The van der Waals surface area contributed by atoms with Crippen LogP contribution in [0, 0.1) is 5.41 Å². The first-order valence-corrected chi connectivity index (χ1v) is 4.68. The lowest BCUT2D eigenvalue weighted by Gasteiger charge is -2.01. The molecule has 72 valence electrons. The largest absolute Gasteiger partial charge is 0.386 e. The first kappa shape index (κ1) is 11.4. The summed E-state index contributed by atoms with van der Waals surface area (Å²) in [6.45, 7) is 3.23. The van der Waals surface area contributed by atoms with Crippen molar-refractivity contribution in [2.75, 3.05) is 13.2 Å². The highest BCUT2D eigenvalue weighted by molar-refractivity contribution is 5.78. The Balaban J connectivity index is 2.86. The topological polar surface area (TPSA) is 59.1 Å². The molecule has 0 aliphatic carbocycles. The summed E-state index contributed by atoms with van der Waals surface area (Å²) < 4.78 is 5.13. The van der Waals surface area contributed by atoms with Crippen molar-refractivity contribution in [2.45, 2.75) is 39.0 Å². The van der Waals surface area contributed by atoms with Gasteiger partial charge >= 0.3 is 0 Å². The predicted molar refractivity (Wildman–Crippen MR) is 51.5 cm³/mol. The van der Waals surface area contributed by atoms with E-state index in [-0.39, 0.29) is 12.4 Å². The zero-order valence-electron chi connectivity index (χ0n) is 7.94. The van der Waals surface area contributed by atoms with Gasteiger partial charge in [-0.15, -0.1) is 0 Å². The van der Waals surface area contributed by atoms with E-state index in [1.807, 2.05) is 0 Å². The van der Waals surface area contributed by atoms with Gasteiger partial charge in [0.15, 0.2) is 0 Å². The molecule has 0 saturated carbocycles. The number of ether oxygens (including phenoxy) is 1. The second-order valence-electron chi connectivity index (χ2n) is 2.99. The molecule has 0 unspecified atom stereocenters. The van der Waals surface area contributed by atoms with E-state index >= 15 is 0 Å². The molecule has 0 heterocycles. The van der Waals surface area contributed by atoms with Gasteiger partial charge in [0, 0.05) is 6.61 Å². The first-order valence-electron chi connectivity index (χ1n) is 4.68. The predicted octanol–water partition coefficient (Wildman–Crippen LogP) is 1.91. The Kier molecular flexibility index (Phi) is 8.12. The molecule has 0 aromatic carbocycles. The Hall–Kier alpha value is -0.570. The van der Waals surface area contributed by atoms with Crippen LogP contribution in [0.3, 0.4) is 0 Å². The molecule has 3 heteroatoms. The molecule has 0 saturated heterocycles. The van der Waals surface area contributed by atoms with Crippen LogP contribution in [0.25, 0.3) is 0 Å². The van der Waals surface area contributed by atoms with Crippen LogP contribution in [-0.4, -0.2) is 19.0 Å². The van der Waals surface area contributed by atoms with Crippen molar-refractivity contribution in [2.24, 2.45) is 5.73 Å². The molecule has 0 aromatic rings. The molecule has 0 aliphatic heterocycles. The monoisotopic (exact) mass is 172 g/mol. The lowest BCUT2D eigenvalue weighted by atomic mass is 10.2. The molecule has 0 atom stereocenters.